The third kappa shape index (κ3) is 3.86. The normalized spacial score (nSPS) is 25.6. The molecule has 1 aromatic carbocycles. The van der Waals surface area contributed by atoms with Crippen molar-refractivity contribution in [3.63, 3.8) is 0 Å². The Balaban J connectivity index is 2.08. The topological polar surface area (TPSA) is 88.5 Å². The highest BCUT2D eigenvalue weighted by Crippen LogP contribution is 2.50. The van der Waals surface area contributed by atoms with Crippen LogP contribution in [0.3, 0.4) is 0 Å². The van der Waals surface area contributed by atoms with Crippen LogP contribution in [0.4, 0.5) is 27.6 Å². The minimum atomic E-state index is -5.09. The van der Waals surface area contributed by atoms with Gasteiger partial charge in [0.2, 0.25) is 0 Å². The number of anilines is 1. The van der Waals surface area contributed by atoms with Crippen LogP contribution in [0.1, 0.15) is 41.3 Å². The summed E-state index contributed by atoms with van der Waals surface area (Å²) in [5.74, 6) is -5.81. The Hall–Kier alpha value is -2.92. The number of ketones is 1. The van der Waals surface area contributed by atoms with Crippen molar-refractivity contribution in [2.24, 2.45) is 0 Å². The summed E-state index contributed by atoms with van der Waals surface area (Å²) in [5.41, 5.74) is -3.78. The predicted octanol–water partition coefficient (Wildman–Crippen LogP) is 3.67. The Morgan fingerprint density at radius 2 is 1.88 bits per heavy atom. The Kier molecular flexibility index (Phi) is 6.09. The van der Waals surface area contributed by atoms with Gasteiger partial charge < -0.3 is 15.2 Å². The first-order chi connectivity index (χ1) is 14.8. The first-order valence-corrected chi connectivity index (χ1v) is 9.42. The number of Topliss-reactive ketones (excluding diaryl/α,β-unsaturated/α-hetero) is 1. The number of aromatic nitrogens is 1. The quantitative estimate of drug-likeness (QED) is 0.539. The number of aliphatic hydroxyl groups is 1. The molecule has 2 heterocycles. The second-order valence-electron chi connectivity index (χ2n) is 7.66. The Bertz CT molecular complexity index is 1070. The van der Waals surface area contributed by atoms with E-state index >= 15 is 0 Å². The SMILES string of the molecule is CC(=O)c1cnccc1NC(=O)[C@@H]1O[C@@](C)(C(F)(F)F)[C@@H](O)[C@H]1c1ccc(F)c(F)c1C. The van der Waals surface area contributed by atoms with E-state index in [0.717, 1.165) is 13.0 Å². The predicted molar refractivity (Wildman–Crippen MR) is 102 cm³/mol. The number of pyridine rings is 1. The van der Waals surface area contributed by atoms with Crippen molar-refractivity contribution in [1.82, 2.24) is 4.98 Å². The van der Waals surface area contributed by atoms with Gasteiger partial charge in [0.15, 0.2) is 23.0 Å². The molecule has 2 aromatic rings. The minimum Gasteiger partial charge on any atom is -0.389 e. The molecule has 0 unspecified atom stereocenters. The maximum absolute atomic E-state index is 14.2. The number of aliphatic hydroxyl groups excluding tert-OH is 1. The molecular weight excluding hydrogens is 439 g/mol. The van der Waals surface area contributed by atoms with Gasteiger partial charge in [0.25, 0.3) is 5.91 Å². The number of alkyl halides is 3. The van der Waals surface area contributed by atoms with Gasteiger partial charge in [0.05, 0.1) is 11.3 Å². The summed E-state index contributed by atoms with van der Waals surface area (Å²) in [6.07, 6.45) is -6.92. The summed E-state index contributed by atoms with van der Waals surface area (Å²) < 4.78 is 74.1. The van der Waals surface area contributed by atoms with Crippen LogP contribution in [-0.4, -0.2) is 45.8 Å². The van der Waals surface area contributed by atoms with Crippen molar-refractivity contribution in [1.29, 1.82) is 0 Å². The number of carbonyl (C=O) groups is 2. The average molecular weight is 458 g/mol. The lowest BCUT2D eigenvalue weighted by Crippen LogP contribution is -2.51. The molecule has 6 nitrogen and oxygen atoms in total. The fraction of sp³-hybridized carbons (Fsp3) is 0.381. The van der Waals surface area contributed by atoms with Crippen LogP contribution in [0.25, 0.3) is 0 Å². The number of carbonyl (C=O) groups excluding carboxylic acids is 2. The largest absolute Gasteiger partial charge is 0.419 e. The van der Waals surface area contributed by atoms with E-state index in [2.05, 4.69) is 10.3 Å². The summed E-state index contributed by atoms with van der Waals surface area (Å²) in [5, 5.41) is 12.9. The van der Waals surface area contributed by atoms with E-state index in [-0.39, 0.29) is 22.4 Å². The number of amides is 1. The Morgan fingerprint density at radius 3 is 2.47 bits per heavy atom. The molecule has 1 aliphatic rings. The fourth-order valence-electron chi connectivity index (χ4n) is 3.72. The summed E-state index contributed by atoms with van der Waals surface area (Å²) in [4.78, 5) is 28.5. The molecule has 1 aliphatic heterocycles. The number of benzene rings is 1. The van der Waals surface area contributed by atoms with Crippen molar-refractivity contribution >= 4 is 17.4 Å². The second-order valence-corrected chi connectivity index (χ2v) is 7.66. The summed E-state index contributed by atoms with van der Waals surface area (Å²) >= 11 is 0. The molecule has 0 aliphatic carbocycles. The van der Waals surface area contributed by atoms with Crippen LogP contribution in [0.2, 0.25) is 0 Å². The molecule has 1 amide bonds. The first kappa shape index (κ1) is 23.7. The lowest BCUT2D eigenvalue weighted by atomic mass is 9.81. The highest BCUT2D eigenvalue weighted by molar-refractivity contribution is 6.04. The molecule has 1 saturated heterocycles. The van der Waals surface area contributed by atoms with Crippen molar-refractivity contribution in [3.8, 4) is 0 Å². The maximum atomic E-state index is 14.2. The molecule has 2 N–H and O–H groups in total. The molecule has 0 radical (unpaired) electrons. The average Bonchev–Trinajstić information content (AvgIpc) is 2.99. The number of ether oxygens (including phenoxy) is 1. The lowest BCUT2D eigenvalue weighted by molar-refractivity contribution is -0.281. The van der Waals surface area contributed by atoms with Crippen LogP contribution in [0.5, 0.6) is 0 Å². The van der Waals surface area contributed by atoms with Crippen LogP contribution in [-0.2, 0) is 9.53 Å². The van der Waals surface area contributed by atoms with E-state index in [4.69, 9.17) is 4.74 Å². The zero-order valence-electron chi connectivity index (χ0n) is 17.1. The lowest BCUT2D eigenvalue weighted by Gasteiger charge is -2.30. The number of nitrogens with one attached hydrogen (secondary N) is 1. The molecule has 3 rings (SSSR count). The van der Waals surface area contributed by atoms with Gasteiger partial charge in [-0.1, -0.05) is 6.07 Å². The van der Waals surface area contributed by atoms with Crippen LogP contribution < -0.4 is 5.32 Å². The summed E-state index contributed by atoms with van der Waals surface area (Å²) in [7, 11) is 0. The third-order valence-electron chi connectivity index (χ3n) is 5.62. The van der Waals surface area contributed by atoms with Gasteiger partial charge in [-0.3, -0.25) is 14.6 Å². The maximum Gasteiger partial charge on any atom is 0.419 e. The van der Waals surface area contributed by atoms with Crippen LogP contribution in [0.15, 0.2) is 30.6 Å². The van der Waals surface area contributed by atoms with E-state index in [0.29, 0.717) is 13.0 Å². The van der Waals surface area contributed by atoms with E-state index in [1.54, 1.807) is 0 Å². The van der Waals surface area contributed by atoms with Gasteiger partial charge in [-0.25, -0.2) is 8.78 Å². The van der Waals surface area contributed by atoms with E-state index in [1.807, 2.05) is 0 Å². The molecule has 4 atom stereocenters. The minimum absolute atomic E-state index is 0.00136. The molecule has 11 heteroatoms. The molecule has 0 bridgehead atoms. The zero-order chi connectivity index (χ0) is 24.0. The Morgan fingerprint density at radius 1 is 1.22 bits per heavy atom. The van der Waals surface area contributed by atoms with Crippen molar-refractivity contribution in [2.75, 3.05) is 5.32 Å². The van der Waals surface area contributed by atoms with E-state index < -0.39 is 53.2 Å². The smallest absolute Gasteiger partial charge is 0.389 e. The van der Waals surface area contributed by atoms with Crippen molar-refractivity contribution in [2.45, 2.75) is 50.7 Å². The number of halogens is 5. The highest BCUT2D eigenvalue weighted by Gasteiger charge is 2.67. The summed E-state index contributed by atoms with van der Waals surface area (Å²) in [6.45, 7) is 2.90. The Labute approximate surface area is 179 Å². The molecule has 1 fully saturated rings. The van der Waals surface area contributed by atoms with Gasteiger partial charge in [0, 0.05) is 18.3 Å². The number of hydrogen-bond donors (Lipinski definition) is 2. The molecule has 32 heavy (non-hydrogen) atoms. The van der Waals surface area contributed by atoms with Gasteiger partial charge in [-0.05, 0) is 44.0 Å². The highest BCUT2D eigenvalue weighted by atomic mass is 19.4. The zero-order valence-corrected chi connectivity index (χ0v) is 17.1. The van der Waals surface area contributed by atoms with Crippen LogP contribution in [0, 0.1) is 18.6 Å². The molecule has 0 spiro atoms. The molecule has 1 aromatic heterocycles. The van der Waals surface area contributed by atoms with Gasteiger partial charge in [-0.2, -0.15) is 13.2 Å². The fourth-order valence-corrected chi connectivity index (χ4v) is 3.72. The van der Waals surface area contributed by atoms with E-state index in [1.165, 1.54) is 25.4 Å². The first-order valence-electron chi connectivity index (χ1n) is 9.42. The third-order valence-corrected chi connectivity index (χ3v) is 5.62. The second kappa shape index (κ2) is 8.21. The standard InChI is InChI=1S/C21H19F5N2O4/c1-9-11(4-5-13(22)16(9)23)15-17(32-20(3,18(15)30)21(24,25)26)19(31)28-14-6-7-27-8-12(14)10(2)29/h4-8,15,17-18,30H,1-3H3,(H,27,28,31)/t15-,17+,18-,20+/m0/s1. The molecule has 0 saturated carbocycles. The van der Waals surface area contributed by atoms with Gasteiger partial charge >= 0.3 is 6.18 Å². The van der Waals surface area contributed by atoms with Gasteiger partial charge in [-0.15, -0.1) is 0 Å². The molecular formula is C21H19F5N2O4. The number of rotatable bonds is 4. The van der Waals surface area contributed by atoms with Crippen molar-refractivity contribution < 1.29 is 41.4 Å². The number of nitrogens with zero attached hydrogens (tertiary/aromatic N) is 1. The van der Waals surface area contributed by atoms with E-state index in [9.17, 15) is 36.6 Å². The van der Waals surface area contributed by atoms with Crippen LogP contribution >= 0.6 is 0 Å². The molecule has 172 valence electrons. The van der Waals surface area contributed by atoms with Gasteiger partial charge in [0.1, 0.15) is 12.2 Å². The monoisotopic (exact) mass is 458 g/mol. The number of hydrogen-bond acceptors (Lipinski definition) is 5. The van der Waals surface area contributed by atoms with Crippen molar-refractivity contribution in [3.05, 3.63) is 58.9 Å². The summed E-state index contributed by atoms with van der Waals surface area (Å²) in [6, 6.07) is 2.96.